The lowest BCUT2D eigenvalue weighted by Crippen LogP contribution is -2.38. The lowest BCUT2D eigenvalue weighted by Gasteiger charge is -2.31. The summed E-state index contributed by atoms with van der Waals surface area (Å²) in [5.74, 6) is 0. The van der Waals surface area contributed by atoms with Crippen molar-refractivity contribution >= 4 is 12.2 Å². The highest BCUT2D eigenvalue weighted by Crippen LogP contribution is 2.19. The number of hydrogen-bond acceptors (Lipinski definition) is 0. The van der Waals surface area contributed by atoms with Gasteiger partial charge in [-0.05, 0) is 11.1 Å². The second kappa shape index (κ2) is 10.1. The standard InChI is InChI=1S/C30H38N2/c1-7-25-9-13-27(14-10-25)21-31(3,4)23-29-17-19-30(20-18-29)24-32(5,6)22-28-15-11-26(8-2)12-16-28/h7-20H,1-2,21-24H2,3-6H3/q+2. The van der Waals surface area contributed by atoms with Crippen LogP contribution in [0.3, 0.4) is 0 Å². The summed E-state index contributed by atoms with van der Waals surface area (Å²) in [5, 5.41) is 0. The van der Waals surface area contributed by atoms with Crippen LogP contribution in [0.2, 0.25) is 0 Å². The summed E-state index contributed by atoms with van der Waals surface area (Å²) in [6, 6.07) is 26.6. The van der Waals surface area contributed by atoms with Gasteiger partial charge in [0, 0.05) is 22.3 Å². The molecule has 3 aromatic rings. The third-order valence-corrected chi connectivity index (χ3v) is 5.90. The molecule has 0 bridgehead atoms. The fourth-order valence-corrected chi connectivity index (χ4v) is 4.36. The van der Waals surface area contributed by atoms with Gasteiger partial charge in [-0.25, -0.2) is 0 Å². The molecular weight excluding hydrogens is 388 g/mol. The van der Waals surface area contributed by atoms with E-state index >= 15 is 0 Å². The fraction of sp³-hybridized carbons (Fsp3) is 0.267. The van der Waals surface area contributed by atoms with Gasteiger partial charge in [0.15, 0.2) is 0 Å². The average molecular weight is 427 g/mol. The van der Waals surface area contributed by atoms with Crippen molar-refractivity contribution < 1.29 is 8.97 Å². The van der Waals surface area contributed by atoms with Gasteiger partial charge in [0.1, 0.15) is 26.2 Å². The number of hydrogen-bond donors (Lipinski definition) is 0. The van der Waals surface area contributed by atoms with Crippen LogP contribution in [0.1, 0.15) is 33.4 Å². The van der Waals surface area contributed by atoms with Gasteiger partial charge in [-0.15, -0.1) is 0 Å². The first-order valence-corrected chi connectivity index (χ1v) is 11.3. The molecule has 0 fully saturated rings. The van der Waals surface area contributed by atoms with Crippen molar-refractivity contribution in [3.63, 3.8) is 0 Å². The van der Waals surface area contributed by atoms with E-state index in [2.05, 4.69) is 114 Å². The third kappa shape index (κ3) is 7.05. The molecule has 0 saturated carbocycles. The molecule has 0 heterocycles. The summed E-state index contributed by atoms with van der Waals surface area (Å²) < 4.78 is 1.85. The van der Waals surface area contributed by atoms with Crippen LogP contribution in [-0.4, -0.2) is 37.2 Å². The predicted octanol–water partition coefficient (Wildman–Crippen LogP) is 6.53. The van der Waals surface area contributed by atoms with Gasteiger partial charge in [0.25, 0.3) is 0 Å². The van der Waals surface area contributed by atoms with Crippen LogP contribution < -0.4 is 0 Å². The maximum atomic E-state index is 3.84. The van der Waals surface area contributed by atoms with Gasteiger partial charge in [-0.1, -0.05) is 98.1 Å². The Bertz CT molecular complexity index is 937. The zero-order valence-electron chi connectivity index (χ0n) is 20.2. The van der Waals surface area contributed by atoms with Crippen LogP contribution in [0, 0.1) is 0 Å². The molecule has 0 amide bonds. The van der Waals surface area contributed by atoms with E-state index in [1.807, 2.05) is 12.2 Å². The Hall–Kier alpha value is -2.94. The molecule has 0 radical (unpaired) electrons. The molecule has 2 nitrogen and oxygen atoms in total. The van der Waals surface area contributed by atoms with Crippen LogP contribution in [0.5, 0.6) is 0 Å². The lowest BCUT2D eigenvalue weighted by atomic mass is 10.1. The molecule has 0 saturated heterocycles. The Balaban J connectivity index is 1.59. The molecular formula is C30H38N2+2. The monoisotopic (exact) mass is 426 g/mol. The molecule has 0 N–H and O–H groups in total. The first kappa shape index (κ1) is 23.7. The number of nitrogens with zero attached hydrogens (tertiary/aromatic N) is 2. The topological polar surface area (TPSA) is 0 Å². The van der Waals surface area contributed by atoms with E-state index in [0.29, 0.717) is 0 Å². The Morgan fingerprint density at radius 3 is 0.906 bits per heavy atom. The Morgan fingerprint density at radius 1 is 0.469 bits per heavy atom. The number of benzene rings is 3. The molecule has 3 aromatic carbocycles. The van der Waals surface area contributed by atoms with Crippen molar-refractivity contribution in [1.29, 1.82) is 0 Å². The van der Waals surface area contributed by atoms with Crippen molar-refractivity contribution in [3.05, 3.63) is 119 Å². The summed E-state index contributed by atoms with van der Waals surface area (Å²) in [7, 11) is 9.19. The quantitative estimate of drug-likeness (QED) is 0.324. The van der Waals surface area contributed by atoms with Gasteiger partial charge >= 0.3 is 0 Å². The van der Waals surface area contributed by atoms with Crippen LogP contribution in [0.25, 0.3) is 12.2 Å². The van der Waals surface area contributed by atoms with Gasteiger partial charge in [0.2, 0.25) is 0 Å². The molecule has 0 aromatic heterocycles. The minimum Gasteiger partial charge on any atom is -0.321 e. The van der Waals surface area contributed by atoms with E-state index in [9.17, 15) is 0 Å². The van der Waals surface area contributed by atoms with Crippen molar-refractivity contribution in [3.8, 4) is 0 Å². The zero-order valence-corrected chi connectivity index (χ0v) is 20.2. The smallest absolute Gasteiger partial charge is 0.104 e. The normalized spacial score (nSPS) is 11.9. The Labute approximate surface area is 194 Å². The van der Waals surface area contributed by atoms with Crippen LogP contribution in [0.15, 0.2) is 86.0 Å². The summed E-state index contributed by atoms with van der Waals surface area (Å²) in [5.41, 5.74) is 7.82. The highest BCUT2D eigenvalue weighted by Gasteiger charge is 2.19. The summed E-state index contributed by atoms with van der Waals surface area (Å²) >= 11 is 0. The van der Waals surface area contributed by atoms with Crippen molar-refractivity contribution in [2.24, 2.45) is 0 Å². The largest absolute Gasteiger partial charge is 0.321 e. The Kier molecular flexibility index (Phi) is 7.50. The summed E-state index contributed by atoms with van der Waals surface area (Å²) in [6.07, 6.45) is 3.79. The molecule has 3 rings (SSSR count). The maximum Gasteiger partial charge on any atom is 0.104 e. The third-order valence-electron chi connectivity index (χ3n) is 5.90. The van der Waals surface area contributed by atoms with E-state index in [-0.39, 0.29) is 0 Å². The molecule has 0 atom stereocenters. The molecule has 32 heavy (non-hydrogen) atoms. The van der Waals surface area contributed by atoms with Crippen molar-refractivity contribution in [1.82, 2.24) is 0 Å². The second-order valence-electron chi connectivity index (χ2n) is 10.2. The zero-order chi connectivity index (χ0) is 23.2. The molecule has 0 unspecified atom stereocenters. The number of rotatable bonds is 10. The van der Waals surface area contributed by atoms with Crippen LogP contribution in [0.4, 0.5) is 0 Å². The van der Waals surface area contributed by atoms with Crippen LogP contribution >= 0.6 is 0 Å². The van der Waals surface area contributed by atoms with Gasteiger partial charge in [-0.2, -0.15) is 0 Å². The first-order chi connectivity index (χ1) is 15.2. The summed E-state index contributed by atoms with van der Waals surface area (Å²) in [4.78, 5) is 0. The Morgan fingerprint density at radius 2 is 0.688 bits per heavy atom. The first-order valence-electron chi connectivity index (χ1n) is 11.3. The molecule has 0 aliphatic heterocycles. The molecule has 2 heteroatoms. The maximum absolute atomic E-state index is 3.84. The molecule has 0 spiro atoms. The second-order valence-corrected chi connectivity index (χ2v) is 10.2. The minimum absolute atomic E-state index is 0.926. The van der Waals surface area contributed by atoms with Gasteiger partial charge in [0.05, 0.1) is 28.2 Å². The highest BCUT2D eigenvalue weighted by molar-refractivity contribution is 5.47. The average Bonchev–Trinajstić information content (AvgIpc) is 2.75. The van der Waals surface area contributed by atoms with Crippen molar-refractivity contribution in [2.45, 2.75) is 26.2 Å². The summed E-state index contributed by atoms with van der Waals surface area (Å²) in [6.45, 7) is 11.7. The van der Waals surface area contributed by atoms with Gasteiger partial charge in [-0.3, -0.25) is 0 Å². The van der Waals surface area contributed by atoms with E-state index in [1.165, 1.54) is 33.4 Å². The van der Waals surface area contributed by atoms with Gasteiger partial charge < -0.3 is 8.97 Å². The fourth-order valence-electron chi connectivity index (χ4n) is 4.36. The molecule has 166 valence electrons. The van der Waals surface area contributed by atoms with E-state index < -0.39 is 0 Å². The molecule has 0 aliphatic carbocycles. The van der Waals surface area contributed by atoms with Crippen molar-refractivity contribution in [2.75, 3.05) is 28.2 Å². The van der Waals surface area contributed by atoms with Crippen LogP contribution in [-0.2, 0) is 26.2 Å². The van der Waals surface area contributed by atoms with E-state index in [4.69, 9.17) is 0 Å². The minimum atomic E-state index is 0.926. The van der Waals surface area contributed by atoms with E-state index in [1.54, 1.807) is 0 Å². The molecule has 0 aliphatic rings. The number of quaternary nitrogens is 2. The SMILES string of the molecule is C=Cc1ccc(C[N+](C)(C)Cc2ccc(C[N+](C)(C)Cc3ccc(C=C)cc3)cc2)cc1. The highest BCUT2D eigenvalue weighted by atomic mass is 15.3. The van der Waals surface area contributed by atoms with E-state index in [0.717, 1.165) is 35.1 Å². The predicted molar refractivity (Wildman–Crippen MR) is 139 cm³/mol. The lowest BCUT2D eigenvalue weighted by molar-refractivity contribution is -0.917.